The van der Waals surface area contributed by atoms with Gasteiger partial charge in [0.1, 0.15) is 5.72 Å². The normalized spacial score (nSPS) is 32.3. The topological polar surface area (TPSA) is 43.7 Å². The van der Waals surface area contributed by atoms with Crippen LogP contribution in [0.2, 0.25) is 0 Å². The number of aliphatic hydroxyl groups is 2. The lowest BCUT2D eigenvalue weighted by atomic mass is 9.74. The summed E-state index contributed by atoms with van der Waals surface area (Å²) in [6, 6.07) is 0. The van der Waals surface area contributed by atoms with Crippen LogP contribution in [-0.2, 0) is 0 Å². The highest BCUT2D eigenvalue weighted by Gasteiger charge is 2.53. The maximum atomic E-state index is 11.1. The molecule has 0 aromatic heterocycles. The van der Waals surface area contributed by atoms with Crippen molar-refractivity contribution in [3.05, 3.63) is 0 Å². The summed E-state index contributed by atoms with van der Waals surface area (Å²) in [5.41, 5.74) is -0.966. The van der Waals surface area contributed by atoms with Gasteiger partial charge in [-0.05, 0) is 66.2 Å². The fraction of sp³-hybridized carbons (Fsp3) is 1.00. The first-order valence-electron chi connectivity index (χ1n) is 7.38. The Morgan fingerprint density at radius 2 is 1.33 bits per heavy atom. The van der Waals surface area contributed by atoms with Crippen LogP contribution in [0.1, 0.15) is 72.6 Å². The molecule has 0 atom stereocenters. The van der Waals surface area contributed by atoms with E-state index < -0.39 is 5.72 Å². The summed E-state index contributed by atoms with van der Waals surface area (Å²) in [6.07, 6.45) is 6.45. The van der Waals surface area contributed by atoms with Crippen molar-refractivity contribution in [1.82, 2.24) is 4.90 Å². The van der Waals surface area contributed by atoms with Crippen molar-refractivity contribution in [3.63, 3.8) is 0 Å². The van der Waals surface area contributed by atoms with Gasteiger partial charge in [-0.3, -0.25) is 4.90 Å². The number of hydrogen-bond donors (Lipinski definition) is 2. The number of likely N-dealkylation sites (tertiary alicyclic amines) is 1. The molecule has 0 radical (unpaired) electrons. The molecular formula is C15H29NO2. The molecule has 0 unspecified atom stereocenters. The van der Waals surface area contributed by atoms with Crippen LogP contribution in [0.25, 0.3) is 0 Å². The largest absolute Gasteiger partial charge is 0.393 e. The van der Waals surface area contributed by atoms with E-state index in [1.165, 1.54) is 6.42 Å². The SMILES string of the molecule is CC1(C)CC(O)CC(C)(C)N1C1(O)CCCCC1. The van der Waals surface area contributed by atoms with Crippen LogP contribution in [0.4, 0.5) is 0 Å². The second kappa shape index (κ2) is 4.46. The number of rotatable bonds is 1. The molecule has 0 aromatic rings. The lowest BCUT2D eigenvalue weighted by Gasteiger charge is -2.61. The monoisotopic (exact) mass is 255 g/mol. The molecule has 0 bridgehead atoms. The average Bonchev–Trinajstić information content (AvgIpc) is 2.12. The molecule has 1 saturated heterocycles. The third-order valence-electron chi connectivity index (χ3n) is 4.75. The highest BCUT2D eigenvalue weighted by molar-refractivity contribution is 5.05. The zero-order valence-electron chi connectivity index (χ0n) is 12.4. The minimum atomic E-state index is -0.675. The number of piperidine rings is 1. The second-order valence-corrected chi connectivity index (χ2v) is 7.57. The maximum Gasteiger partial charge on any atom is 0.119 e. The Labute approximate surface area is 111 Å². The molecule has 0 amide bonds. The van der Waals surface area contributed by atoms with Gasteiger partial charge in [-0.25, -0.2) is 0 Å². The van der Waals surface area contributed by atoms with E-state index in [0.29, 0.717) is 0 Å². The van der Waals surface area contributed by atoms with E-state index in [2.05, 4.69) is 32.6 Å². The standard InChI is InChI=1S/C15H29NO2/c1-13(2)10-12(17)11-14(3,4)16(13)15(18)8-6-5-7-9-15/h12,17-18H,5-11H2,1-4H3. The maximum absolute atomic E-state index is 11.1. The molecule has 1 heterocycles. The quantitative estimate of drug-likeness (QED) is 0.757. The fourth-order valence-electron chi connectivity index (χ4n) is 4.70. The number of nitrogens with zero attached hydrogens (tertiary/aromatic N) is 1. The molecule has 1 aliphatic heterocycles. The van der Waals surface area contributed by atoms with Gasteiger partial charge in [-0.2, -0.15) is 0 Å². The van der Waals surface area contributed by atoms with Gasteiger partial charge >= 0.3 is 0 Å². The summed E-state index contributed by atoms with van der Waals surface area (Å²) in [5, 5.41) is 21.2. The van der Waals surface area contributed by atoms with Crippen LogP contribution in [0.3, 0.4) is 0 Å². The highest BCUT2D eigenvalue weighted by atomic mass is 16.3. The predicted octanol–water partition coefficient (Wildman–Crippen LogP) is 2.65. The predicted molar refractivity (Wildman–Crippen MR) is 73.3 cm³/mol. The van der Waals surface area contributed by atoms with Gasteiger partial charge in [-0.1, -0.05) is 6.42 Å². The molecule has 18 heavy (non-hydrogen) atoms. The molecule has 0 aromatic carbocycles. The van der Waals surface area contributed by atoms with Gasteiger partial charge in [0, 0.05) is 11.1 Å². The third-order valence-corrected chi connectivity index (χ3v) is 4.75. The molecule has 2 rings (SSSR count). The molecule has 106 valence electrons. The van der Waals surface area contributed by atoms with E-state index in [-0.39, 0.29) is 17.2 Å². The third kappa shape index (κ3) is 2.45. The van der Waals surface area contributed by atoms with Crippen LogP contribution in [0, 0.1) is 0 Å². The summed E-state index contributed by atoms with van der Waals surface area (Å²) >= 11 is 0. The lowest BCUT2D eigenvalue weighted by molar-refractivity contribution is -0.236. The van der Waals surface area contributed by atoms with Crippen molar-refractivity contribution < 1.29 is 10.2 Å². The van der Waals surface area contributed by atoms with Crippen molar-refractivity contribution in [2.75, 3.05) is 0 Å². The Morgan fingerprint density at radius 1 is 0.889 bits per heavy atom. The van der Waals surface area contributed by atoms with E-state index in [1.807, 2.05) is 0 Å². The molecule has 0 spiro atoms. The Bertz CT molecular complexity index is 288. The van der Waals surface area contributed by atoms with Gasteiger partial charge in [0.15, 0.2) is 0 Å². The van der Waals surface area contributed by atoms with Crippen molar-refractivity contribution in [1.29, 1.82) is 0 Å². The molecule has 2 fully saturated rings. The van der Waals surface area contributed by atoms with Gasteiger partial charge < -0.3 is 10.2 Å². The van der Waals surface area contributed by atoms with E-state index in [1.54, 1.807) is 0 Å². The summed E-state index contributed by atoms with van der Waals surface area (Å²) in [7, 11) is 0. The molecule has 2 N–H and O–H groups in total. The summed E-state index contributed by atoms with van der Waals surface area (Å²) < 4.78 is 0. The van der Waals surface area contributed by atoms with Crippen molar-refractivity contribution in [3.8, 4) is 0 Å². The molecule has 3 heteroatoms. The summed E-state index contributed by atoms with van der Waals surface area (Å²) in [4.78, 5) is 2.30. The van der Waals surface area contributed by atoms with Gasteiger partial charge in [0.2, 0.25) is 0 Å². The van der Waals surface area contributed by atoms with Crippen molar-refractivity contribution in [2.45, 2.75) is 95.5 Å². The Hall–Kier alpha value is -0.120. The summed E-state index contributed by atoms with van der Waals surface area (Å²) in [6.45, 7) is 8.63. The Kier molecular flexibility index (Phi) is 3.54. The van der Waals surface area contributed by atoms with Gasteiger partial charge in [0.25, 0.3) is 0 Å². The van der Waals surface area contributed by atoms with Crippen LogP contribution < -0.4 is 0 Å². The molecular weight excluding hydrogens is 226 g/mol. The molecule has 1 aliphatic carbocycles. The lowest BCUT2D eigenvalue weighted by Crippen LogP contribution is -2.70. The zero-order valence-corrected chi connectivity index (χ0v) is 12.4. The van der Waals surface area contributed by atoms with Crippen LogP contribution in [0.15, 0.2) is 0 Å². The first-order valence-corrected chi connectivity index (χ1v) is 7.38. The summed E-state index contributed by atoms with van der Waals surface area (Å²) in [5.74, 6) is 0. The van der Waals surface area contributed by atoms with Gasteiger partial charge in [0.05, 0.1) is 6.10 Å². The average molecular weight is 255 g/mol. The molecule has 1 saturated carbocycles. The smallest absolute Gasteiger partial charge is 0.119 e. The molecule has 2 aliphatic rings. The van der Waals surface area contributed by atoms with Crippen LogP contribution in [-0.4, -0.2) is 38.0 Å². The zero-order chi connectivity index (χ0) is 13.6. The van der Waals surface area contributed by atoms with E-state index in [0.717, 1.165) is 38.5 Å². The van der Waals surface area contributed by atoms with E-state index in [9.17, 15) is 10.2 Å². The minimum Gasteiger partial charge on any atom is -0.393 e. The number of aliphatic hydroxyl groups excluding tert-OH is 1. The van der Waals surface area contributed by atoms with Crippen LogP contribution in [0.5, 0.6) is 0 Å². The second-order valence-electron chi connectivity index (χ2n) is 7.57. The Balaban J connectivity index is 2.32. The van der Waals surface area contributed by atoms with Crippen LogP contribution >= 0.6 is 0 Å². The Morgan fingerprint density at radius 3 is 1.78 bits per heavy atom. The highest BCUT2D eigenvalue weighted by Crippen LogP contribution is 2.46. The minimum absolute atomic E-state index is 0.146. The fourth-order valence-corrected chi connectivity index (χ4v) is 4.70. The number of hydrogen-bond acceptors (Lipinski definition) is 3. The molecule has 3 nitrogen and oxygen atoms in total. The van der Waals surface area contributed by atoms with Crippen molar-refractivity contribution in [2.24, 2.45) is 0 Å². The van der Waals surface area contributed by atoms with Crippen molar-refractivity contribution >= 4 is 0 Å². The first kappa shape index (κ1) is 14.3. The first-order chi connectivity index (χ1) is 8.17. The van der Waals surface area contributed by atoms with E-state index >= 15 is 0 Å². The van der Waals surface area contributed by atoms with E-state index in [4.69, 9.17) is 0 Å². The van der Waals surface area contributed by atoms with Gasteiger partial charge in [-0.15, -0.1) is 0 Å².